The van der Waals surface area contributed by atoms with Gasteiger partial charge in [0.2, 0.25) is 5.91 Å². The van der Waals surface area contributed by atoms with Gasteiger partial charge in [0.1, 0.15) is 6.61 Å². The van der Waals surface area contributed by atoms with Gasteiger partial charge in [-0.2, -0.15) is 0 Å². The molecule has 0 aliphatic rings. The molecule has 5 heteroatoms. The predicted molar refractivity (Wildman–Crippen MR) is 73.3 cm³/mol. The first kappa shape index (κ1) is 13.2. The summed E-state index contributed by atoms with van der Waals surface area (Å²) in [6.45, 7) is -0.0257. The van der Waals surface area contributed by atoms with Crippen molar-refractivity contribution in [1.82, 2.24) is 4.98 Å². The molecule has 0 fully saturated rings. The summed E-state index contributed by atoms with van der Waals surface area (Å²) in [6.07, 6.45) is 1.56. The van der Waals surface area contributed by atoms with Crippen molar-refractivity contribution >= 4 is 11.6 Å². The number of hydrogen-bond donors (Lipinski definition) is 3. The Morgan fingerprint density at radius 3 is 2.47 bits per heavy atom. The van der Waals surface area contributed by atoms with Gasteiger partial charge in [-0.05, 0) is 17.7 Å². The second-order valence-electron chi connectivity index (χ2n) is 4.04. The highest BCUT2D eigenvalue weighted by Gasteiger charge is 2.02. The predicted octanol–water partition coefficient (Wildman–Crippen LogP) is 1.14. The molecule has 1 aromatic heterocycles. The van der Waals surface area contributed by atoms with E-state index >= 15 is 0 Å². The fourth-order valence-corrected chi connectivity index (χ4v) is 1.65. The monoisotopic (exact) mass is 257 g/mol. The number of pyridine rings is 1. The normalized spacial score (nSPS) is 10.2. The molecule has 0 bridgehead atoms. The number of amides is 1. The number of nitrogens with two attached hydrogens (primary N) is 1. The van der Waals surface area contributed by atoms with Crippen molar-refractivity contribution in [3.05, 3.63) is 48.2 Å². The van der Waals surface area contributed by atoms with Crippen LogP contribution in [0.1, 0.15) is 5.56 Å². The van der Waals surface area contributed by atoms with Gasteiger partial charge in [-0.3, -0.25) is 9.78 Å². The number of carbonyl (C=O) groups excluding carboxylic acids is 1. The Bertz CT molecular complexity index is 550. The Labute approximate surface area is 111 Å². The maximum atomic E-state index is 11.0. The molecule has 0 saturated carbocycles. The minimum Gasteiger partial charge on any atom is -0.387 e. The molecule has 5 nitrogen and oxygen atoms in total. The second-order valence-corrected chi connectivity index (χ2v) is 4.04. The summed E-state index contributed by atoms with van der Waals surface area (Å²) < 4.78 is 0. The third-order valence-corrected chi connectivity index (χ3v) is 2.68. The van der Waals surface area contributed by atoms with Crippen LogP contribution in [0.5, 0.6) is 0 Å². The molecule has 1 aromatic carbocycles. The minimum atomic E-state index is -0.539. The molecule has 0 spiro atoms. The van der Waals surface area contributed by atoms with Crippen LogP contribution in [0.2, 0.25) is 0 Å². The highest BCUT2D eigenvalue weighted by atomic mass is 16.3. The average molecular weight is 257 g/mol. The molecule has 0 aliphatic carbocycles. The quantitative estimate of drug-likeness (QED) is 0.766. The number of aliphatic hydroxyl groups is 1. The summed E-state index contributed by atoms with van der Waals surface area (Å²) in [5, 5.41) is 11.2. The van der Waals surface area contributed by atoms with Gasteiger partial charge in [0.05, 0.1) is 17.6 Å². The van der Waals surface area contributed by atoms with E-state index < -0.39 is 12.5 Å². The maximum Gasteiger partial charge on any atom is 0.250 e. The summed E-state index contributed by atoms with van der Waals surface area (Å²) in [5.41, 5.74) is 8.96. The van der Waals surface area contributed by atoms with Crippen molar-refractivity contribution in [2.75, 3.05) is 11.9 Å². The number of nitrogens with zero attached hydrogens (tertiary/aromatic N) is 1. The zero-order chi connectivity index (χ0) is 13.7. The van der Waals surface area contributed by atoms with Gasteiger partial charge in [0.25, 0.3) is 0 Å². The van der Waals surface area contributed by atoms with Crippen LogP contribution in [0.25, 0.3) is 11.3 Å². The van der Waals surface area contributed by atoms with Gasteiger partial charge in [0, 0.05) is 12.1 Å². The Hall–Kier alpha value is -2.24. The highest BCUT2D eigenvalue weighted by molar-refractivity contribution is 5.91. The van der Waals surface area contributed by atoms with Gasteiger partial charge in [-0.25, -0.2) is 0 Å². The van der Waals surface area contributed by atoms with E-state index in [-0.39, 0.29) is 0 Å². The Morgan fingerprint density at radius 2 is 1.95 bits per heavy atom. The van der Waals surface area contributed by atoms with Crippen molar-refractivity contribution in [3.8, 4) is 11.3 Å². The van der Waals surface area contributed by atoms with Crippen LogP contribution in [0, 0.1) is 0 Å². The molecular weight excluding hydrogens is 242 g/mol. The number of anilines is 1. The molecule has 98 valence electrons. The highest BCUT2D eigenvalue weighted by Crippen LogP contribution is 2.19. The molecule has 19 heavy (non-hydrogen) atoms. The molecule has 4 N–H and O–H groups in total. The SMILES string of the molecule is NCc1ccc(-c2ccc(NC(=O)CO)cn2)cc1. The first-order valence-corrected chi connectivity index (χ1v) is 5.89. The fraction of sp³-hybridized carbons (Fsp3) is 0.143. The largest absolute Gasteiger partial charge is 0.387 e. The summed E-state index contributed by atoms with van der Waals surface area (Å²) in [4.78, 5) is 15.3. The van der Waals surface area contributed by atoms with E-state index in [4.69, 9.17) is 10.8 Å². The lowest BCUT2D eigenvalue weighted by Gasteiger charge is -2.05. The maximum absolute atomic E-state index is 11.0. The molecule has 0 atom stereocenters. The molecule has 0 aliphatic heterocycles. The number of aromatic nitrogens is 1. The molecule has 1 amide bonds. The van der Waals surface area contributed by atoms with E-state index in [1.165, 1.54) is 0 Å². The third-order valence-electron chi connectivity index (χ3n) is 2.68. The number of aliphatic hydroxyl groups excluding tert-OH is 1. The minimum absolute atomic E-state index is 0.457. The standard InChI is InChI=1S/C14H15N3O2/c15-7-10-1-3-11(4-2-10)13-6-5-12(8-16-13)17-14(19)9-18/h1-6,8,18H,7,9,15H2,(H,17,19). The molecule has 2 rings (SSSR count). The number of nitrogens with one attached hydrogen (secondary N) is 1. The van der Waals surface area contributed by atoms with E-state index in [0.29, 0.717) is 12.2 Å². The lowest BCUT2D eigenvalue weighted by molar-refractivity contribution is -0.118. The lowest BCUT2D eigenvalue weighted by Crippen LogP contribution is -2.15. The van der Waals surface area contributed by atoms with Gasteiger partial charge in [-0.1, -0.05) is 24.3 Å². The number of benzene rings is 1. The summed E-state index contributed by atoms with van der Waals surface area (Å²) in [6, 6.07) is 11.4. The van der Waals surface area contributed by atoms with E-state index in [1.807, 2.05) is 30.3 Å². The van der Waals surface area contributed by atoms with Crippen molar-refractivity contribution in [2.45, 2.75) is 6.54 Å². The molecule has 0 radical (unpaired) electrons. The number of carbonyl (C=O) groups is 1. The van der Waals surface area contributed by atoms with Crippen LogP contribution in [-0.4, -0.2) is 22.6 Å². The van der Waals surface area contributed by atoms with E-state index in [1.54, 1.807) is 12.3 Å². The van der Waals surface area contributed by atoms with E-state index in [9.17, 15) is 4.79 Å². The topological polar surface area (TPSA) is 88.2 Å². The van der Waals surface area contributed by atoms with Crippen LogP contribution < -0.4 is 11.1 Å². The molecule has 1 heterocycles. The lowest BCUT2D eigenvalue weighted by atomic mass is 10.1. The summed E-state index contributed by atoms with van der Waals surface area (Å²) in [7, 11) is 0. The zero-order valence-electron chi connectivity index (χ0n) is 10.3. The van der Waals surface area contributed by atoms with Crippen molar-refractivity contribution < 1.29 is 9.90 Å². The summed E-state index contributed by atoms with van der Waals surface area (Å²) >= 11 is 0. The van der Waals surface area contributed by atoms with Crippen molar-refractivity contribution in [2.24, 2.45) is 5.73 Å². The average Bonchev–Trinajstić information content (AvgIpc) is 2.48. The van der Waals surface area contributed by atoms with Gasteiger partial charge in [-0.15, -0.1) is 0 Å². The van der Waals surface area contributed by atoms with Gasteiger partial charge in [0.15, 0.2) is 0 Å². The fourth-order valence-electron chi connectivity index (χ4n) is 1.65. The van der Waals surface area contributed by atoms with Crippen molar-refractivity contribution in [3.63, 3.8) is 0 Å². The van der Waals surface area contributed by atoms with Crippen LogP contribution in [-0.2, 0) is 11.3 Å². The molecular formula is C14H15N3O2. The smallest absolute Gasteiger partial charge is 0.250 e. The second kappa shape index (κ2) is 6.08. The van der Waals surface area contributed by atoms with Gasteiger partial charge >= 0.3 is 0 Å². The zero-order valence-corrected chi connectivity index (χ0v) is 10.3. The number of hydrogen-bond acceptors (Lipinski definition) is 4. The van der Waals surface area contributed by atoms with Crippen LogP contribution >= 0.6 is 0 Å². The molecule has 0 unspecified atom stereocenters. The molecule has 0 saturated heterocycles. The van der Waals surface area contributed by atoms with Gasteiger partial charge < -0.3 is 16.2 Å². The van der Waals surface area contributed by atoms with E-state index in [2.05, 4.69) is 10.3 Å². The number of rotatable bonds is 4. The van der Waals surface area contributed by atoms with E-state index in [0.717, 1.165) is 16.8 Å². The van der Waals surface area contributed by atoms with Crippen LogP contribution in [0.15, 0.2) is 42.6 Å². The third kappa shape index (κ3) is 3.37. The van der Waals surface area contributed by atoms with Crippen LogP contribution in [0.3, 0.4) is 0 Å². The first-order chi connectivity index (χ1) is 9.22. The Morgan fingerprint density at radius 1 is 1.21 bits per heavy atom. The van der Waals surface area contributed by atoms with Crippen LogP contribution in [0.4, 0.5) is 5.69 Å². The Kier molecular flexibility index (Phi) is 4.22. The Balaban J connectivity index is 2.14. The first-order valence-electron chi connectivity index (χ1n) is 5.89. The molecule has 2 aromatic rings. The van der Waals surface area contributed by atoms with Crippen molar-refractivity contribution in [1.29, 1.82) is 0 Å². The summed E-state index contributed by atoms with van der Waals surface area (Å²) in [5.74, 6) is -0.457.